The first kappa shape index (κ1) is 14.5. The molecule has 110 valence electrons. The lowest BCUT2D eigenvalue weighted by atomic mass is 10.1. The smallest absolute Gasteiger partial charge is 0.326 e. The summed E-state index contributed by atoms with van der Waals surface area (Å²) >= 11 is 0. The second kappa shape index (κ2) is 5.23. The average molecular weight is 293 g/mol. The lowest BCUT2D eigenvalue weighted by molar-refractivity contribution is -0.142. The van der Waals surface area contributed by atoms with Gasteiger partial charge in [0.25, 0.3) is 11.8 Å². The Balaban J connectivity index is 2.36. The van der Waals surface area contributed by atoms with E-state index in [1.54, 1.807) is 0 Å². The Labute approximate surface area is 118 Å². The summed E-state index contributed by atoms with van der Waals surface area (Å²) in [4.78, 5) is 46.6. The molecule has 8 nitrogen and oxygen atoms in total. The number of amides is 2. The molecule has 1 atom stereocenters. The van der Waals surface area contributed by atoms with Crippen LogP contribution in [0.25, 0.3) is 0 Å². The maximum atomic E-state index is 12.1. The molecular weight excluding hydrogens is 282 g/mol. The van der Waals surface area contributed by atoms with Crippen molar-refractivity contribution in [3.05, 3.63) is 29.3 Å². The number of carboxylic acid groups (broad SMARTS) is 2. The molecule has 2 amide bonds. The fraction of sp³-hybridized carbons (Fsp3) is 0.231. The zero-order valence-corrected chi connectivity index (χ0v) is 10.6. The minimum absolute atomic E-state index is 0.0145. The summed E-state index contributed by atoms with van der Waals surface area (Å²) in [5, 5.41) is 27.1. The van der Waals surface area contributed by atoms with Crippen LogP contribution in [0.5, 0.6) is 5.75 Å². The molecule has 0 fully saturated rings. The number of imide groups is 1. The Hall–Kier alpha value is -2.90. The molecule has 21 heavy (non-hydrogen) atoms. The highest BCUT2D eigenvalue weighted by Crippen LogP contribution is 2.28. The summed E-state index contributed by atoms with van der Waals surface area (Å²) in [7, 11) is 0. The third kappa shape index (κ3) is 2.55. The number of carboxylic acids is 2. The Bertz CT molecular complexity index is 652. The first-order valence-electron chi connectivity index (χ1n) is 5.98. The number of aromatic hydroxyl groups is 1. The Morgan fingerprint density at radius 2 is 1.71 bits per heavy atom. The second-order valence-electron chi connectivity index (χ2n) is 4.50. The number of carbonyl (C=O) groups excluding carboxylic acids is 2. The van der Waals surface area contributed by atoms with Crippen LogP contribution >= 0.6 is 0 Å². The summed E-state index contributed by atoms with van der Waals surface area (Å²) in [6.45, 7) is 0. The monoisotopic (exact) mass is 293 g/mol. The minimum Gasteiger partial charge on any atom is -0.508 e. The predicted octanol–water partition coefficient (Wildman–Crippen LogP) is 0.306. The van der Waals surface area contributed by atoms with Crippen LogP contribution in [0.2, 0.25) is 0 Å². The van der Waals surface area contributed by atoms with Crippen LogP contribution in [-0.4, -0.2) is 50.0 Å². The van der Waals surface area contributed by atoms with E-state index in [1.807, 2.05) is 0 Å². The number of aliphatic carboxylic acids is 2. The van der Waals surface area contributed by atoms with Crippen molar-refractivity contribution in [2.45, 2.75) is 18.9 Å². The van der Waals surface area contributed by atoms with Gasteiger partial charge in [-0.05, 0) is 24.6 Å². The zero-order valence-electron chi connectivity index (χ0n) is 10.6. The Morgan fingerprint density at radius 3 is 2.29 bits per heavy atom. The average Bonchev–Trinajstić information content (AvgIpc) is 2.63. The van der Waals surface area contributed by atoms with Crippen LogP contribution in [0.15, 0.2) is 18.2 Å². The van der Waals surface area contributed by atoms with Gasteiger partial charge in [0.1, 0.15) is 11.8 Å². The van der Waals surface area contributed by atoms with Gasteiger partial charge in [-0.1, -0.05) is 0 Å². The van der Waals surface area contributed by atoms with Crippen molar-refractivity contribution in [1.82, 2.24) is 4.90 Å². The number of hydrogen-bond donors (Lipinski definition) is 3. The molecule has 1 heterocycles. The topological polar surface area (TPSA) is 132 Å². The normalized spacial score (nSPS) is 15.0. The van der Waals surface area contributed by atoms with Gasteiger partial charge in [0, 0.05) is 6.42 Å². The van der Waals surface area contributed by atoms with Crippen LogP contribution < -0.4 is 0 Å². The lowest BCUT2D eigenvalue weighted by Crippen LogP contribution is -2.45. The van der Waals surface area contributed by atoms with Crippen LogP contribution in [-0.2, 0) is 9.59 Å². The molecule has 1 aromatic rings. The molecule has 1 unspecified atom stereocenters. The number of fused-ring (bicyclic) bond motifs is 1. The quantitative estimate of drug-likeness (QED) is 0.665. The van der Waals surface area contributed by atoms with Gasteiger partial charge in [-0.2, -0.15) is 0 Å². The molecule has 8 heteroatoms. The van der Waals surface area contributed by atoms with Crippen LogP contribution in [0, 0.1) is 0 Å². The van der Waals surface area contributed by atoms with Gasteiger partial charge < -0.3 is 15.3 Å². The summed E-state index contributed by atoms with van der Waals surface area (Å²) in [5.41, 5.74) is -0.110. The van der Waals surface area contributed by atoms with Crippen LogP contribution in [0.4, 0.5) is 0 Å². The molecule has 0 spiro atoms. The number of rotatable bonds is 5. The van der Waals surface area contributed by atoms with Gasteiger partial charge in [0.2, 0.25) is 0 Å². The highest BCUT2D eigenvalue weighted by atomic mass is 16.4. The molecule has 0 aromatic heterocycles. The maximum absolute atomic E-state index is 12.1. The highest BCUT2D eigenvalue weighted by Gasteiger charge is 2.43. The fourth-order valence-corrected chi connectivity index (χ4v) is 2.15. The SMILES string of the molecule is O=C(O)CCC(C(=O)O)N1C(=O)c2ccc(O)cc2C1=O. The first-order valence-corrected chi connectivity index (χ1v) is 5.98. The van der Waals surface area contributed by atoms with Gasteiger partial charge >= 0.3 is 11.9 Å². The van der Waals surface area contributed by atoms with Gasteiger partial charge in [-0.3, -0.25) is 19.3 Å². The van der Waals surface area contributed by atoms with E-state index in [0.717, 1.165) is 6.07 Å². The number of carbonyl (C=O) groups is 4. The molecule has 1 aliphatic rings. The van der Waals surface area contributed by atoms with Crippen LogP contribution in [0.1, 0.15) is 33.6 Å². The van der Waals surface area contributed by atoms with Crippen molar-refractivity contribution in [1.29, 1.82) is 0 Å². The molecule has 0 aliphatic carbocycles. The van der Waals surface area contributed by atoms with Crippen molar-refractivity contribution < 1.29 is 34.5 Å². The van der Waals surface area contributed by atoms with E-state index >= 15 is 0 Å². The molecule has 0 radical (unpaired) electrons. The molecule has 1 aliphatic heterocycles. The van der Waals surface area contributed by atoms with Gasteiger partial charge in [0.05, 0.1) is 11.1 Å². The summed E-state index contributed by atoms with van der Waals surface area (Å²) in [6.07, 6.45) is -0.877. The predicted molar refractivity (Wildman–Crippen MR) is 66.9 cm³/mol. The third-order valence-corrected chi connectivity index (χ3v) is 3.13. The summed E-state index contributed by atoms with van der Waals surface area (Å²) in [6, 6.07) is 1.95. The molecule has 0 saturated carbocycles. The summed E-state index contributed by atoms with van der Waals surface area (Å²) in [5.74, 6) is -4.59. The van der Waals surface area contributed by atoms with Crippen molar-refractivity contribution in [2.24, 2.45) is 0 Å². The van der Waals surface area contributed by atoms with Gasteiger partial charge in [-0.15, -0.1) is 0 Å². The number of phenols is 1. The molecule has 2 rings (SSSR count). The molecule has 0 saturated heterocycles. The van der Waals surface area contributed by atoms with E-state index < -0.39 is 36.2 Å². The third-order valence-electron chi connectivity index (χ3n) is 3.13. The van der Waals surface area contributed by atoms with Gasteiger partial charge in [-0.25, -0.2) is 4.79 Å². The lowest BCUT2D eigenvalue weighted by Gasteiger charge is -2.21. The summed E-state index contributed by atoms with van der Waals surface area (Å²) < 4.78 is 0. The number of nitrogens with zero attached hydrogens (tertiary/aromatic N) is 1. The Kier molecular flexibility index (Phi) is 3.62. The van der Waals surface area contributed by atoms with E-state index in [0.29, 0.717) is 4.90 Å². The second-order valence-corrected chi connectivity index (χ2v) is 4.50. The van der Waals surface area contributed by atoms with E-state index in [9.17, 15) is 24.3 Å². The molecular formula is C13H11NO7. The van der Waals surface area contributed by atoms with Crippen molar-refractivity contribution in [3.8, 4) is 5.75 Å². The maximum Gasteiger partial charge on any atom is 0.326 e. The molecule has 0 bridgehead atoms. The van der Waals surface area contributed by atoms with E-state index in [1.165, 1.54) is 12.1 Å². The van der Waals surface area contributed by atoms with E-state index in [-0.39, 0.29) is 23.3 Å². The molecule has 1 aromatic carbocycles. The van der Waals surface area contributed by atoms with Crippen molar-refractivity contribution >= 4 is 23.8 Å². The largest absolute Gasteiger partial charge is 0.508 e. The Morgan fingerprint density at radius 1 is 1.10 bits per heavy atom. The minimum atomic E-state index is -1.56. The van der Waals surface area contributed by atoms with Crippen molar-refractivity contribution in [2.75, 3.05) is 0 Å². The standard InChI is InChI=1S/C13H11NO7/c15-6-1-2-7-8(5-6)12(19)14(11(7)18)9(13(20)21)3-4-10(16)17/h1-2,5,9,15H,3-4H2,(H,16,17)(H,20,21). The fourth-order valence-electron chi connectivity index (χ4n) is 2.15. The number of hydrogen-bond acceptors (Lipinski definition) is 5. The van der Waals surface area contributed by atoms with E-state index in [4.69, 9.17) is 10.2 Å². The van der Waals surface area contributed by atoms with E-state index in [2.05, 4.69) is 0 Å². The zero-order chi connectivity index (χ0) is 15.7. The van der Waals surface area contributed by atoms with Crippen LogP contribution in [0.3, 0.4) is 0 Å². The molecule has 3 N–H and O–H groups in total. The highest BCUT2D eigenvalue weighted by molar-refractivity contribution is 6.22. The van der Waals surface area contributed by atoms with Crippen molar-refractivity contribution in [3.63, 3.8) is 0 Å². The number of benzene rings is 1. The first-order chi connectivity index (χ1) is 9.82. The van der Waals surface area contributed by atoms with Gasteiger partial charge in [0.15, 0.2) is 0 Å². The number of phenolic OH excluding ortho intramolecular Hbond substituents is 1.